The molecule has 2 aromatic carbocycles. The van der Waals surface area contributed by atoms with E-state index in [-0.39, 0.29) is 5.91 Å². The Morgan fingerprint density at radius 3 is 2.71 bits per heavy atom. The Balaban J connectivity index is 1.97. The van der Waals surface area contributed by atoms with Crippen molar-refractivity contribution in [3.05, 3.63) is 70.0 Å². The fourth-order valence-electron chi connectivity index (χ4n) is 2.71. The van der Waals surface area contributed by atoms with Gasteiger partial charge in [0, 0.05) is 18.1 Å². The number of hydrogen-bond donors (Lipinski definition) is 0. The first-order valence-corrected chi connectivity index (χ1v) is 9.39. The summed E-state index contributed by atoms with van der Waals surface area (Å²) < 4.78 is 7.67. The van der Waals surface area contributed by atoms with E-state index in [1.807, 2.05) is 48.5 Å². The van der Waals surface area contributed by atoms with Crippen LogP contribution < -0.4 is 4.74 Å². The van der Waals surface area contributed by atoms with Gasteiger partial charge < -0.3 is 9.64 Å². The van der Waals surface area contributed by atoms with Crippen LogP contribution in [0.4, 0.5) is 0 Å². The topological polar surface area (TPSA) is 73.1 Å². The predicted octanol–water partition coefficient (Wildman–Crippen LogP) is 3.41. The first-order chi connectivity index (χ1) is 13.5. The Kier molecular flexibility index (Phi) is 6.20. The number of carbonyl (C=O) groups is 1. The number of amides is 1. The minimum Gasteiger partial charge on any atom is -0.497 e. The monoisotopic (exact) mass is 441 g/mol. The zero-order chi connectivity index (χ0) is 20.1. The number of methoxy groups -OCH3 is 1. The third-order valence-corrected chi connectivity index (χ3v) is 4.96. The van der Waals surface area contributed by atoms with E-state index < -0.39 is 0 Å². The van der Waals surface area contributed by atoms with Gasteiger partial charge >= 0.3 is 0 Å². The first-order valence-electron chi connectivity index (χ1n) is 8.59. The van der Waals surface area contributed by atoms with Crippen molar-refractivity contribution < 1.29 is 9.53 Å². The number of halogens is 1. The van der Waals surface area contributed by atoms with Crippen LogP contribution in [0.3, 0.4) is 0 Å². The molecule has 0 fully saturated rings. The van der Waals surface area contributed by atoms with Crippen molar-refractivity contribution in [2.24, 2.45) is 0 Å². The molecule has 0 atom stereocenters. The van der Waals surface area contributed by atoms with Crippen molar-refractivity contribution >= 4 is 33.6 Å². The molecule has 3 aromatic rings. The summed E-state index contributed by atoms with van der Waals surface area (Å²) in [5.74, 6) is 1.03. The highest BCUT2D eigenvalue weighted by Gasteiger charge is 2.20. The standard InChI is InChI=1S/C20H20BrN5O2/c1-14-22-23-24-26(14)19(12-15-7-6-9-17(11-15)28-3)20(27)25(2)13-16-8-4-5-10-18(16)21/h4-12H,13H2,1-3H3. The molecule has 0 aliphatic rings. The van der Waals surface area contributed by atoms with Crippen molar-refractivity contribution in [2.75, 3.05) is 14.2 Å². The smallest absolute Gasteiger partial charge is 0.272 e. The number of aromatic nitrogens is 4. The molecule has 0 spiro atoms. The summed E-state index contributed by atoms with van der Waals surface area (Å²) >= 11 is 3.53. The molecule has 0 aliphatic carbocycles. The van der Waals surface area contributed by atoms with Crippen LogP contribution in [0, 0.1) is 6.92 Å². The molecule has 0 bridgehead atoms. The molecule has 0 saturated carbocycles. The molecule has 0 aliphatic heterocycles. The Hall–Kier alpha value is -3.00. The maximum absolute atomic E-state index is 13.3. The van der Waals surface area contributed by atoms with Crippen LogP contribution in [-0.4, -0.2) is 45.2 Å². The molecule has 0 radical (unpaired) electrons. The second kappa shape index (κ2) is 8.79. The van der Waals surface area contributed by atoms with Gasteiger partial charge in [0.25, 0.3) is 5.91 Å². The van der Waals surface area contributed by atoms with E-state index in [2.05, 4.69) is 31.5 Å². The SMILES string of the molecule is COc1cccc(C=C(C(=O)N(C)Cc2ccccc2Br)n2nnnc2C)c1. The van der Waals surface area contributed by atoms with Gasteiger partial charge in [0.2, 0.25) is 0 Å². The number of tetrazole rings is 1. The van der Waals surface area contributed by atoms with Crippen molar-refractivity contribution in [3.63, 3.8) is 0 Å². The molecule has 8 heteroatoms. The van der Waals surface area contributed by atoms with Crippen LogP contribution in [-0.2, 0) is 11.3 Å². The molecule has 1 amide bonds. The number of carbonyl (C=O) groups excluding carboxylic acids is 1. The van der Waals surface area contributed by atoms with Crippen molar-refractivity contribution in [1.29, 1.82) is 0 Å². The Bertz CT molecular complexity index is 1020. The fourth-order valence-corrected chi connectivity index (χ4v) is 3.12. The summed E-state index contributed by atoms with van der Waals surface area (Å²) in [6.45, 7) is 2.19. The lowest BCUT2D eigenvalue weighted by Crippen LogP contribution is -2.29. The number of ether oxygens (including phenoxy) is 1. The number of hydrogen-bond acceptors (Lipinski definition) is 5. The summed E-state index contributed by atoms with van der Waals surface area (Å²) in [6.07, 6.45) is 1.75. The van der Waals surface area contributed by atoms with Crippen LogP contribution in [0.15, 0.2) is 53.0 Å². The normalized spacial score (nSPS) is 11.4. The van der Waals surface area contributed by atoms with E-state index in [4.69, 9.17) is 4.74 Å². The number of likely N-dealkylation sites (N-methyl/N-ethyl adjacent to an activating group) is 1. The van der Waals surface area contributed by atoms with Gasteiger partial charge in [-0.1, -0.05) is 46.3 Å². The number of aryl methyl sites for hydroxylation is 1. The van der Waals surface area contributed by atoms with Crippen LogP contribution >= 0.6 is 15.9 Å². The van der Waals surface area contributed by atoms with E-state index in [9.17, 15) is 4.79 Å². The van der Waals surface area contributed by atoms with Gasteiger partial charge in [-0.25, -0.2) is 0 Å². The fraction of sp³-hybridized carbons (Fsp3) is 0.200. The van der Waals surface area contributed by atoms with Gasteiger partial charge in [-0.15, -0.1) is 5.10 Å². The van der Waals surface area contributed by atoms with Crippen molar-refractivity contribution in [2.45, 2.75) is 13.5 Å². The Labute approximate surface area is 171 Å². The van der Waals surface area contributed by atoms with E-state index >= 15 is 0 Å². The van der Waals surface area contributed by atoms with Crippen LogP contribution in [0.25, 0.3) is 11.8 Å². The molecule has 0 N–H and O–H groups in total. The van der Waals surface area contributed by atoms with Crippen molar-refractivity contribution in [1.82, 2.24) is 25.1 Å². The quantitative estimate of drug-likeness (QED) is 0.548. The highest BCUT2D eigenvalue weighted by molar-refractivity contribution is 9.10. The average Bonchev–Trinajstić information content (AvgIpc) is 3.13. The van der Waals surface area contributed by atoms with E-state index in [0.29, 0.717) is 23.8 Å². The number of rotatable bonds is 6. The largest absolute Gasteiger partial charge is 0.497 e. The van der Waals surface area contributed by atoms with E-state index in [0.717, 1.165) is 15.6 Å². The molecule has 7 nitrogen and oxygen atoms in total. The van der Waals surface area contributed by atoms with Gasteiger partial charge in [0.05, 0.1) is 7.11 Å². The second-order valence-electron chi connectivity index (χ2n) is 6.20. The second-order valence-corrected chi connectivity index (χ2v) is 7.05. The molecule has 144 valence electrons. The van der Waals surface area contributed by atoms with Crippen LogP contribution in [0.1, 0.15) is 17.0 Å². The zero-order valence-corrected chi connectivity index (χ0v) is 17.4. The summed E-state index contributed by atoms with van der Waals surface area (Å²) in [7, 11) is 3.35. The summed E-state index contributed by atoms with van der Waals surface area (Å²) in [5, 5.41) is 11.6. The molecule has 28 heavy (non-hydrogen) atoms. The lowest BCUT2D eigenvalue weighted by molar-refractivity contribution is -0.124. The highest BCUT2D eigenvalue weighted by atomic mass is 79.9. The number of nitrogens with zero attached hydrogens (tertiary/aromatic N) is 5. The molecule has 0 unspecified atom stereocenters. The lowest BCUT2D eigenvalue weighted by atomic mass is 10.1. The maximum Gasteiger partial charge on any atom is 0.272 e. The zero-order valence-electron chi connectivity index (χ0n) is 15.8. The van der Waals surface area contributed by atoms with Gasteiger partial charge in [-0.2, -0.15) is 4.68 Å². The molecule has 1 aromatic heterocycles. The minimum atomic E-state index is -0.200. The summed E-state index contributed by atoms with van der Waals surface area (Å²) in [4.78, 5) is 14.9. The van der Waals surface area contributed by atoms with E-state index in [1.54, 1.807) is 32.1 Å². The Morgan fingerprint density at radius 2 is 2.04 bits per heavy atom. The first kappa shape index (κ1) is 19.8. The Morgan fingerprint density at radius 1 is 1.25 bits per heavy atom. The molecule has 1 heterocycles. The summed E-state index contributed by atoms with van der Waals surface area (Å²) in [6, 6.07) is 15.3. The molecule has 0 saturated heterocycles. The van der Waals surface area contributed by atoms with Crippen LogP contribution in [0.2, 0.25) is 0 Å². The van der Waals surface area contributed by atoms with Gasteiger partial charge in [-0.3, -0.25) is 4.79 Å². The molecular formula is C20H20BrN5O2. The minimum absolute atomic E-state index is 0.200. The predicted molar refractivity (Wildman–Crippen MR) is 110 cm³/mol. The lowest BCUT2D eigenvalue weighted by Gasteiger charge is -2.20. The van der Waals surface area contributed by atoms with Gasteiger partial charge in [-0.05, 0) is 52.8 Å². The highest BCUT2D eigenvalue weighted by Crippen LogP contribution is 2.21. The maximum atomic E-state index is 13.3. The molecular weight excluding hydrogens is 422 g/mol. The van der Waals surface area contributed by atoms with Crippen LogP contribution in [0.5, 0.6) is 5.75 Å². The van der Waals surface area contributed by atoms with Gasteiger partial charge in [0.15, 0.2) is 5.82 Å². The molecule has 3 rings (SSSR count). The summed E-state index contributed by atoms with van der Waals surface area (Å²) in [5.41, 5.74) is 2.17. The van der Waals surface area contributed by atoms with Crippen molar-refractivity contribution in [3.8, 4) is 5.75 Å². The van der Waals surface area contributed by atoms with Gasteiger partial charge in [0.1, 0.15) is 11.4 Å². The number of benzene rings is 2. The van der Waals surface area contributed by atoms with E-state index in [1.165, 1.54) is 4.68 Å². The third-order valence-electron chi connectivity index (χ3n) is 4.18. The third kappa shape index (κ3) is 4.45. The average molecular weight is 442 g/mol.